The average Bonchev–Trinajstić information content (AvgIpc) is 3.24. The van der Waals surface area contributed by atoms with E-state index in [4.69, 9.17) is 9.72 Å². The lowest BCUT2D eigenvalue weighted by Crippen LogP contribution is -2.22. The smallest absolute Gasteiger partial charge is 0.271 e. The Bertz CT molecular complexity index is 1420. The molecule has 0 radical (unpaired) electrons. The van der Waals surface area contributed by atoms with E-state index in [0.717, 1.165) is 50.8 Å². The highest BCUT2D eigenvalue weighted by atomic mass is 28.3. The molecule has 0 aliphatic carbocycles. The molecule has 0 spiro atoms. The van der Waals surface area contributed by atoms with Gasteiger partial charge >= 0.3 is 0 Å². The molecule has 4 rings (SSSR count). The summed E-state index contributed by atoms with van der Waals surface area (Å²) >= 11 is 0. The number of nitrogens with one attached hydrogen (secondary N) is 2. The van der Waals surface area contributed by atoms with Crippen molar-refractivity contribution in [2.24, 2.45) is 0 Å². The van der Waals surface area contributed by atoms with E-state index < -0.39 is 8.07 Å². The Morgan fingerprint density at radius 2 is 1.82 bits per heavy atom. The van der Waals surface area contributed by atoms with Crippen molar-refractivity contribution < 1.29 is 9.53 Å². The minimum Gasteiger partial charge on any atom is -0.378 e. The Morgan fingerprint density at radius 3 is 2.45 bits per heavy atom. The van der Waals surface area contributed by atoms with Gasteiger partial charge in [-0.05, 0) is 54.9 Å². The molecule has 0 saturated carbocycles. The third kappa shape index (κ3) is 6.23. The van der Waals surface area contributed by atoms with Gasteiger partial charge in [-0.25, -0.2) is 9.97 Å². The topological polar surface area (TPSA) is 84.3 Å². The number of hydrogen-bond donors (Lipinski definition) is 2. The summed E-state index contributed by atoms with van der Waals surface area (Å²) in [6.07, 6.45) is 5.62. The number of benzene rings is 1. The van der Waals surface area contributed by atoms with Crippen LogP contribution in [0.15, 0.2) is 55.0 Å². The molecule has 0 unspecified atom stereocenters. The van der Waals surface area contributed by atoms with Crippen molar-refractivity contribution in [3.8, 4) is 11.1 Å². The van der Waals surface area contributed by atoms with Gasteiger partial charge in [0.15, 0.2) is 5.69 Å². The highest BCUT2D eigenvalue weighted by Gasteiger charge is 2.20. The number of carbonyl (C=O) groups excluding carboxylic acids is 1. The van der Waals surface area contributed by atoms with Crippen LogP contribution in [0.4, 0.5) is 17.2 Å². The largest absolute Gasteiger partial charge is 0.378 e. The molecule has 200 valence electrons. The SMILES string of the molecule is CNC(=O)c1nccc2c(-c3cnc(Nc4ccc(N(C)C)cc4)cc3C)cn(COCC[Si](C)(C)C)c12. The van der Waals surface area contributed by atoms with Crippen molar-refractivity contribution in [2.75, 3.05) is 38.0 Å². The number of pyridine rings is 2. The number of hydrogen-bond acceptors (Lipinski definition) is 6. The summed E-state index contributed by atoms with van der Waals surface area (Å²) in [7, 11) is 4.46. The maximum Gasteiger partial charge on any atom is 0.271 e. The van der Waals surface area contributed by atoms with E-state index in [1.807, 2.05) is 55.3 Å². The molecule has 3 aromatic heterocycles. The summed E-state index contributed by atoms with van der Waals surface area (Å²) in [5.41, 5.74) is 6.33. The molecule has 38 heavy (non-hydrogen) atoms. The summed E-state index contributed by atoms with van der Waals surface area (Å²) in [6.45, 7) is 10.1. The van der Waals surface area contributed by atoms with Crippen LogP contribution in [0, 0.1) is 6.92 Å². The summed E-state index contributed by atoms with van der Waals surface area (Å²) in [5, 5.41) is 7.05. The van der Waals surface area contributed by atoms with Crippen LogP contribution in [0.1, 0.15) is 16.1 Å². The van der Waals surface area contributed by atoms with Crippen molar-refractivity contribution in [3.05, 3.63) is 66.2 Å². The number of aryl methyl sites for hydroxylation is 1. The Kier molecular flexibility index (Phi) is 8.18. The van der Waals surface area contributed by atoms with Crippen LogP contribution in [-0.2, 0) is 11.5 Å². The van der Waals surface area contributed by atoms with Crippen molar-refractivity contribution >= 4 is 42.1 Å². The first-order chi connectivity index (χ1) is 18.1. The van der Waals surface area contributed by atoms with Crippen LogP contribution in [0.5, 0.6) is 0 Å². The second kappa shape index (κ2) is 11.4. The molecule has 4 aromatic rings. The van der Waals surface area contributed by atoms with Crippen LogP contribution >= 0.6 is 0 Å². The van der Waals surface area contributed by atoms with Gasteiger partial charge in [0.25, 0.3) is 5.91 Å². The zero-order valence-corrected chi connectivity index (χ0v) is 24.4. The zero-order chi connectivity index (χ0) is 27.4. The predicted octanol–water partition coefficient (Wildman–Crippen LogP) is 5.89. The fourth-order valence-electron chi connectivity index (χ4n) is 4.29. The van der Waals surface area contributed by atoms with Crippen LogP contribution < -0.4 is 15.5 Å². The van der Waals surface area contributed by atoms with Crippen LogP contribution in [0.3, 0.4) is 0 Å². The molecule has 2 N–H and O–H groups in total. The molecule has 8 nitrogen and oxygen atoms in total. The lowest BCUT2D eigenvalue weighted by molar-refractivity contribution is 0.0895. The number of anilines is 3. The Hall–Kier alpha value is -3.69. The van der Waals surface area contributed by atoms with Crippen molar-refractivity contribution in [2.45, 2.75) is 39.3 Å². The quantitative estimate of drug-likeness (QED) is 0.197. The third-order valence-corrected chi connectivity index (χ3v) is 8.22. The number of ether oxygens (including phenoxy) is 1. The van der Waals surface area contributed by atoms with Gasteiger partial charge < -0.3 is 24.8 Å². The molecule has 0 atom stereocenters. The highest BCUT2D eigenvalue weighted by molar-refractivity contribution is 6.76. The lowest BCUT2D eigenvalue weighted by Gasteiger charge is -2.16. The second-order valence-corrected chi connectivity index (χ2v) is 16.6. The molecule has 1 amide bonds. The second-order valence-electron chi connectivity index (χ2n) is 10.9. The van der Waals surface area contributed by atoms with Gasteiger partial charge in [0.05, 0.1) is 5.52 Å². The number of aromatic nitrogens is 3. The molecule has 3 heterocycles. The van der Waals surface area contributed by atoms with E-state index in [1.165, 1.54) is 0 Å². The van der Waals surface area contributed by atoms with Gasteiger partial charge in [-0.2, -0.15) is 0 Å². The zero-order valence-electron chi connectivity index (χ0n) is 23.4. The van der Waals surface area contributed by atoms with E-state index in [0.29, 0.717) is 19.0 Å². The van der Waals surface area contributed by atoms with Gasteiger partial charge in [-0.1, -0.05) is 19.6 Å². The first-order valence-electron chi connectivity index (χ1n) is 12.9. The highest BCUT2D eigenvalue weighted by Crippen LogP contribution is 2.34. The molecule has 0 aliphatic heterocycles. The molecule has 1 aromatic carbocycles. The summed E-state index contributed by atoms with van der Waals surface area (Å²) in [4.78, 5) is 23.9. The monoisotopic (exact) mass is 530 g/mol. The predicted molar refractivity (Wildman–Crippen MR) is 159 cm³/mol. The summed E-state index contributed by atoms with van der Waals surface area (Å²) in [5.74, 6) is 0.549. The molecule has 0 aliphatic rings. The van der Waals surface area contributed by atoms with E-state index >= 15 is 0 Å². The van der Waals surface area contributed by atoms with Crippen molar-refractivity contribution in [1.29, 1.82) is 0 Å². The van der Waals surface area contributed by atoms with E-state index in [1.54, 1.807) is 13.2 Å². The molecule has 0 bridgehead atoms. The molecule has 0 saturated heterocycles. The first kappa shape index (κ1) is 27.3. The molecule has 9 heteroatoms. The van der Waals surface area contributed by atoms with Crippen LogP contribution in [0.25, 0.3) is 22.0 Å². The number of carbonyl (C=O) groups is 1. The van der Waals surface area contributed by atoms with Gasteiger partial charge in [0, 0.05) is 82.3 Å². The van der Waals surface area contributed by atoms with Crippen molar-refractivity contribution in [3.63, 3.8) is 0 Å². The molecular formula is C29H38N6O2Si. The minimum absolute atomic E-state index is 0.224. The number of amides is 1. The van der Waals surface area contributed by atoms with Crippen LogP contribution in [0.2, 0.25) is 25.7 Å². The average molecular weight is 531 g/mol. The number of fused-ring (bicyclic) bond motifs is 1. The Morgan fingerprint density at radius 1 is 1.08 bits per heavy atom. The summed E-state index contributed by atoms with van der Waals surface area (Å²) in [6, 6.07) is 13.3. The van der Waals surface area contributed by atoms with Crippen LogP contribution in [-0.4, -0.2) is 56.3 Å². The van der Waals surface area contributed by atoms with Gasteiger partial charge in [-0.15, -0.1) is 0 Å². The minimum atomic E-state index is -1.21. The van der Waals surface area contributed by atoms with E-state index in [9.17, 15) is 4.79 Å². The fraction of sp³-hybridized carbons (Fsp3) is 0.345. The molecule has 0 fully saturated rings. The van der Waals surface area contributed by atoms with Gasteiger partial charge in [-0.3, -0.25) is 4.79 Å². The van der Waals surface area contributed by atoms with Crippen molar-refractivity contribution in [1.82, 2.24) is 19.9 Å². The lowest BCUT2D eigenvalue weighted by atomic mass is 10.0. The Labute approximate surface area is 226 Å². The van der Waals surface area contributed by atoms with E-state index in [-0.39, 0.29) is 5.91 Å². The van der Waals surface area contributed by atoms with Gasteiger partial charge in [0.2, 0.25) is 0 Å². The first-order valence-corrected chi connectivity index (χ1v) is 16.6. The number of rotatable bonds is 10. The summed E-state index contributed by atoms with van der Waals surface area (Å²) < 4.78 is 8.06. The maximum absolute atomic E-state index is 12.7. The standard InChI is InChI=1S/C29H38N6O2Si/c1-20-16-26(33-21-8-10-22(11-9-21)34(3)4)32-17-24(20)25-18-35(19-37-14-15-38(5,6)7)28-23(25)12-13-31-27(28)29(36)30-2/h8-13,16-18H,14-15,19H2,1-7H3,(H,30,36)(H,32,33). The number of nitrogens with zero attached hydrogens (tertiary/aromatic N) is 4. The van der Waals surface area contributed by atoms with E-state index in [2.05, 4.69) is 59.2 Å². The fourth-order valence-corrected chi connectivity index (χ4v) is 5.05. The van der Waals surface area contributed by atoms with Gasteiger partial charge in [0.1, 0.15) is 12.5 Å². The maximum atomic E-state index is 12.7. The third-order valence-electron chi connectivity index (χ3n) is 6.51. The Balaban J connectivity index is 1.67. The normalized spacial score (nSPS) is 11.6. The molecular weight excluding hydrogens is 492 g/mol.